The van der Waals surface area contributed by atoms with E-state index in [0.717, 1.165) is 0 Å². The van der Waals surface area contributed by atoms with Crippen molar-refractivity contribution >= 4 is 18.6 Å². The SMILES string of the molecule is CO[C@H]1CN[C@H](OC(=O)O)C1.Cl. The van der Waals surface area contributed by atoms with Gasteiger partial charge in [-0.3, -0.25) is 5.32 Å². The van der Waals surface area contributed by atoms with E-state index < -0.39 is 12.4 Å². The number of rotatable bonds is 2. The molecule has 72 valence electrons. The molecule has 0 unspecified atom stereocenters. The Labute approximate surface area is 76.4 Å². The lowest BCUT2D eigenvalue weighted by Gasteiger charge is -2.07. The van der Waals surface area contributed by atoms with E-state index in [1.807, 2.05) is 0 Å². The first kappa shape index (κ1) is 11.5. The molecule has 0 bridgehead atoms. The molecule has 1 heterocycles. The Kier molecular flexibility index (Phi) is 4.96. The molecule has 1 rings (SSSR count). The van der Waals surface area contributed by atoms with Gasteiger partial charge < -0.3 is 14.6 Å². The van der Waals surface area contributed by atoms with E-state index in [1.54, 1.807) is 7.11 Å². The van der Waals surface area contributed by atoms with Crippen molar-refractivity contribution in [1.29, 1.82) is 0 Å². The van der Waals surface area contributed by atoms with Crippen molar-refractivity contribution in [2.45, 2.75) is 18.8 Å². The van der Waals surface area contributed by atoms with Gasteiger partial charge in [0.25, 0.3) is 0 Å². The monoisotopic (exact) mass is 197 g/mol. The zero-order chi connectivity index (χ0) is 8.27. The Hall–Kier alpha value is -0.520. The summed E-state index contributed by atoms with van der Waals surface area (Å²) in [5.74, 6) is 0. The highest BCUT2D eigenvalue weighted by atomic mass is 35.5. The highest BCUT2D eigenvalue weighted by Gasteiger charge is 2.26. The summed E-state index contributed by atoms with van der Waals surface area (Å²) < 4.78 is 9.46. The number of methoxy groups -OCH3 is 1. The molecule has 6 heteroatoms. The fourth-order valence-electron chi connectivity index (χ4n) is 1.06. The molecule has 0 amide bonds. The molecule has 0 aromatic heterocycles. The van der Waals surface area contributed by atoms with E-state index in [1.165, 1.54) is 0 Å². The maximum atomic E-state index is 10.0. The van der Waals surface area contributed by atoms with Gasteiger partial charge >= 0.3 is 6.16 Å². The van der Waals surface area contributed by atoms with Crippen LogP contribution in [0.3, 0.4) is 0 Å². The van der Waals surface area contributed by atoms with Gasteiger partial charge in [0.1, 0.15) is 0 Å². The standard InChI is InChI=1S/C6H11NO4.ClH/c1-10-4-2-5(7-3-4)11-6(8)9;/h4-5,7H,2-3H2,1H3,(H,8,9);1H/t4-,5-;/m1./s1. The van der Waals surface area contributed by atoms with Crippen LogP contribution in [0.25, 0.3) is 0 Å². The molecular weight excluding hydrogens is 186 g/mol. The maximum absolute atomic E-state index is 10.0. The molecule has 0 radical (unpaired) electrons. The van der Waals surface area contributed by atoms with Crippen LogP contribution in [0, 0.1) is 0 Å². The van der Waals surface area contributed by atoms with Gasteiger partial charge in [0.2, 0.25) is 0 Å². The topological polar surface area (TPSA) is 67.8 Å². The summed E-state index contributed by atoms with van der Waals surface area (Å²) in [4.78, 5) is 10.0. The van der Waals surface area contributed by atoms with Gasteiger partial charge in [-0.05, 0) is 0 Å². The number of halogens is 1. The minimum atomic E-state index is -1.25. The van der Waals surface area contributed by atoms with Crippen LogP contribution in [0.5, 0.6) is 0 Å². The number of hydrogen-bond donors (Lipinski definition) is 2. The molecule has 0 aromatic rings. The zero-order valence-corrected chi connectivity index (χ0v) is 7.47. The highest BCUT2D eigenvalue weighted by molar-refractivity contribution is 5.85. The van der Waals surface area contributed by atoms with E-state index in [9.17, 15) is 4.79 Å². The summed E-state index contributed by atoms with van der Waals surface area (Å²) in [6.45, 7) is 0.647. The summed E-state index contributed by atoms with van der Waals surface area (Å²) in [5.41, 5.74) is 0. The van der Waals surface area contributed by atoms with Crippen LogP contribution >= 0.6 is 12.4 Å². The third kappa shape index (κ3) is 3.25. The average Bonchev–Trinajstić information content (AvgIpc) is 2.34. The summed E-state index contributed by atoms with van der Waals surface area (Å²) in [7, 11) is 1.59. The van der Waals surface area contributed by atoms with Gasteiger partial charge in [-0.2, -0.15) is 0 Å². The Morgan fingerprint density at radius 3 is 2.75 bits per heavy atom. The molecule has 0 saturated carbocycles. The summed E-state index contributed by atoms with van der Waals surface area (Å²) in [5, 5.41) is 11.1. The molecule has 12 heavy (non-hydrogen) atoms. The van der Waals surface area contributed by atoms with Gasteiger partial charge in [-0.1, -0.05) is 0 Å². The van der Waals surface area contributed by atoms with Crippen LogP contribution in [0.15, 0.2) is 0 Å². The lowest BCUT2D eigenvalue weighted by Crippen LogP contribution is -2.26. The Bertz CT molecular complexity index is 154. The first-order chi connectivity index (χ1) is 5.22. The molecule has 2 atom stereocenters. The second kappa shape index (κ2) is 5.18. The number of hydrogen-bond acceptors (Lipinski definition) is 4. The number of carbonyl (C=O) groups is 1. The van der Waals surface area contributed by atoms with Crippen molar-refractivity contribution in [3.63, 3.8) is 0 Å². The van der Waals surface area contributed by atoms with Crippen molar-refractivity contribution in [3.8, 4) is 0 Å². The number of ether oxygens (including phenoxy) is 2. The van der Waals surface area contributed by atoms with Crippen LogP contribution in [0.4, 0.5) is 4.79 Å². The van der Waals surface area contributed by atoms with Gasteiger partial charge in [0.15, 0.2) is 6.23 Å². The smallest absolute Gasteiger partial charge is 0.450 e. The zero-order valence-electron chi connectivity index (χ0n) is 6.65. The summed E-state index contributed by atoms with van der Waals surface area (Å²) in [6, 6.07) is 0. The minimum Gasteiger partial charge on any atom is -0.450 e. The van der Waals surface area contributed by atoms with Crippen molar-refractivity contribution in [2.75, 3.05) is 13.7 Å². The molecule has 0 aliphatic carbocycles. The Balaban J connectivity index is 0.00000121. The maximum Gasteiger partial charge on any atom is 0.507 e. The first-order valence-electron chi connectivity index (χ1n) is 3.38. The molecular formula is C6H12ClNO4. The van der Waals surface area contributed by atoms with E-state index in [0.29, 0.717) is 13.0 Å². The lowest BCUT2D eigenvalue weighted by molar-refractivity contribution is 0.0361. The molecule has 0 aromatic carbocycles. The molecule has 1 fully saturated rings. The van der Waals surface area contributed by atoms with Crippen molar-refractivity contribution in [1.82, 2.24) is 5.32 Å². The average molecular weight is 198 g/mol. The third-order valence-corrected chi connectivity index (χ3v) is 1.63. The second-order valence-electron chi connectivity index (χ2n) is 2.37. The fourth-order valence-corrected chi connectivity index (χ4v) is 1.06. The predicted octanol–water partition coefficient (Wildman–Crippen LogP) is 0.437. The fraction of sp³-hybridized carbons (Fsp3) is 0.833. The Morgan fingerprint density at radius 1 is 1.67 bits per heavy atom. The molecule has 1 aliphatic heterocycles. The van der Waals surface area contributed by atoms with Gasteiger partial charge in [0.05, 0.1) is 6.10 Å². The van der Waals surface area contributed by atoms with Crippen LogP contribution in [-0.2, 0) is 9.47 Å². The molecule has 1 saturated heterocycles. The van der Waals surface area contributed by atoms with E-state index >= 15 is 0 Å². The molecule has 2 N–H and O–H groups in total. The Morgan fingerprint density at radius 2 is 2.33 bits per heavy atom. The number of nitrogens with one attached hydrogen (secondary N) is 1. The van der Waals surface area contributed by atoms with Crippen molar-refractivity contribution in [2.24, 2.45) is 0 Å². The summed E-state index contributed by atoms with van der Waals surface area (Å²) >= 11 is 0. The quantitative estimate of drug-likeness (QED) is 0.629. The van der Waals surface area contributed by atoms with Crippen LogP contribution in [-0.4, -0.2) is 37.2 Å². The van der Waals surface area contributed by atoms with Crippen molar-refractivity contribution < 1.29 is 19.4 Å². The highest BCUT2D eigenvalue weighted by Crippen LogP contribution is 2.10. The van der Waals surface area contributed by atoms with Gasteiger partial charge in [-0.15, -0.1) is 12.4 Å². The molecule has 1 aliphatic rings. The first-order valence-corrected chi connectivity index (χ1v) is 3.38. The van der Waals surface area contributed by atoms with Gasteiger partial charge in [0, 0.05) is 20.1 Å². The van der Waals surface area contributed by atoms with Gasteiger partial charge in [-0.25, -0.2) is 4.79 Å². The predicted molar refractivity (Wildman–Crippen MR) is 43.6 cm³/mol. The van der Waals surface area contributed by atoms with Crippen LogP contribution < -0.4 is 5.32 Å². The van der Waals surface area contributed by atoms with E-state index in [2.05, 4.69) is 10.1 Å². The van der Waals surface area contributed by atoms with E-state index in [-0.39, 0.29) is 18.5 Å². The second-order valence-corrected chi connectivity index (χ2v) is 2.37. The molecule has 0 spiro atoms. The minimum absolute atomic E-state index is 0. The molecule has 5 nitrogen and oxygen atoms in total. The van der Waals surface area contributed by atoms with Crippen LogP contribution in [0.1, 0.15) is 6.42 Å². The lowest BCUT2D eigenvalue weighted by atomic mass is 10.3. The normalized spacial score (nSPS) is 27.8. The van der Waals surface area contributed by atoms with Crippen LogP contribution in [0.2, 0.25) is 0 Å². The summed E-state index contributed by atoms with van der Waals surface area (Å²) in [6.07, 6.45) is -1.00. The largest absolute Gasteiger partial charge is 0.507 e. The number of carboxylic acid groups (broad SMARTS) is 1. The third-order valence-electron chi connectivity index (χ3n) is 1.63. The van der Waals surface area contributed by atoms with Crippen molar-refractivity contribution in [3.05, 3.63) is 0 Å². The van der Waals surface area contributed by atoms with E-state index in [4.69, 9.17) is 9.84 Å².